The smallest absolute Gasteiger partial charge is 0.374 e. The zero-order valence-corrected chi connectivity index (χ0v) is 10.8. The minimum Gasteiger partial charge on any atom is -0.374 e. The van der Waals surface area contributed by atoms with Gasteiger partial charge in [0.1, 0.15) is 6.04 Å². The van der Waals surface area contributed by atoms with E-state index in [0.29, 0.717) is 12.0 Å². The highest BCUT2D eigenvalue weighted by atomic mass is 16.6. The van der Waals surface area contributed by atoms with Gasteiger partial charge in [-0.3, -0.25) is 4.79 Å². The lowest BCUT2D eigenvalue weighted by Gasteiger charge is -2.19. The van der Waals surface area contributed by atoms with Crippen molar-refractivity contribution in [3.8, 4) is 0 Å². The minimum absolute atomic E-state index is 0.175. The average Bonchev–Trinajstić information content (AvgIpc) is 2.64. The summed E-state index contributed by atoms with van der Waals surface area (Å²) in [6, 6.07) is 7.56. The topological polar surface area (TPSA) is 63.7 Å². The molecule has 5 heteroatoms. The molecule has 1 aromatic rings. The van der Waals surface area contributed by atoms with Crippen molar-refractivity contribution in [2.75, 3.05) is 0 Å². The molecule has 1 atom stereocenters. The van der Waals surface area contributed by atoms with E-state index in [1.165, 1.54) is 0 Å². The lowest BCUT2D eigenvalue weighted by atomic mass is 10.0. The summed E-state index contributed by atoms with van der Waals surface area (Å²) >= 11 is 0. The molecule has 0 saturated carbocycles. The number of carbonyl (C=O) groups is 3. The Bertz CT molecular complexity index is 509. The van der Waals surface area contributed by atoms with Crippen LogP contribution in [-0.2, 0) is 9.53 Å². The van der Waals surface area contributed by atoms with Gasteiger partial charge in [0, 0.05) is 5.56 Å². The maximum Gasteiger partial charge on any atom is 0.425 e. The Labute approximate surface area is 111 Å². The number of esters is 1. The standard InChI is InChI=1S/C14H15NO4/c1-9(2)8-11-13(17)19-14(18)15(11)12(16)10-6-4-3-5-7-10/h3-7,9,11H,8H2,1-2H3/t11-/m0/s1. The van der Waals surface area contributed by atoms with Crippen molar-refractivity contribution >= 4 is 18.0 Å². The molecule has 0 aliphatic carbocycles. The zero-order chi connectivity index (χ0) is 14.0. The summed E-state index contributed by atoms with van der Waals surface area (Å²) < 4.78 is 4.56. The van der Waals surface area contributed by atoms with Crippen LogP contribution in [0.25, 0.3) is 0 Å². The van der Waals surface area contributed by atoms with Gasteiger partial charge in [0.05, 0.1) is 0 Å². The van der Waals surface area contributed by atoms with Crippen LogP contribution in [0, 0.1) is 5.92 Å². The molecule has 0 N–H and O–H groups in total. The summed E-state index contributed by atoms with van der Waals surface area (Å²) in [5.74, 6) is -0.973. The van der Waals surface area contributed by atoms with Crippen LogP contribution in [0.3, 0.4) is 0 Å². The molecule has 100 valence electrons. The summed E-state index contributed by atoms with van der Waals surface area (Å²) in [6.07, 6.45) is -0.479. The van der Waals surface area contributed by atoms with E-state index in [9.17, 15) is 14.4 Å². The third-order valence-electron chi connectivity index (χ3n) is 2.90. The van der Waals surface area contributed by atoms with Gasteiger partial charge in [-0.1, -0.05) is 32.0 Å². The molecule has 2 amide bonds. The van der Waals surface area contributed by atoms with Crippen molar-refractivity contribution in [2.45, 2.75) is 26.3 Å². The lowest BCUT2D eigenvalue weighted by Crippen LogP contribution is -2.40. The maximum absolute atomic E-state index is 12.3. The number of hydrogen-bond donors (Lipinski definition) is 0. The van der Waals surface area contributed by atoms with Crippen LogP contribution in [0.4, 0.5) is 4.79 Å². The zero-order valence-electron chi connectivity index (χ0n) is 10.8. The van der Waals surface area contributed by atoms with Gasteiger partial charge in [-0.2, -0.15) is 0 Å². The Balaban J connectivity index is 2.28. The van der Waals surface area contributed by atoms with Crippen LogP contribution in [0.1, 0.15) is 30.6 Å². The predicted octanol–water partition coefficient (Wildman–Crippen LogP) is 2.22. The molecule has 0 spiro atoms. The molecule has 0 unspecified atom stereocenters. The van der Waals surface area contributed by atoms with E-state index in [4.69, 9.17) is 0 Å². The first-order chi connectivity index (χ1) is 9.00. The van der Waals surface area contributed by atoms with Gasteiger partial charge in [0.25, 0.3) is 5.91 Å². The molecule has 0 aromatic heterocycles. The molecule has 1 saturated heterocycles. The average molecular weight is 261 g/mol. The predicted molar refractivity (Wildman–Crippen MR) is 67.3 cm³/mol. The lowest BCUT2D eigenvalue weighted by molar-refractivity contribution is -0.136. The molecule has 5 nitrogen and oxygen atoms in total. The second-order valence-corrected chi connectivity index (χ2v) is 4.87. The van der Waals surface area contributed by atoms with Crippen molar-refractivity contribution in [2.24, 2.45) is 5.92 Å². The van der Waals surface area contributed by atoms with Crippen molar-refractivity contribution in [1.29, 1.82) is 0 Å². The Morgan fingerprint density at radius 1 is 1.26 bits per heavy atom. The number of cyclic esters (lactones) is 2. The molecule has 0 radical (unpaired) electrons. The van der Waals surface area contributed by atoms with E-state index in [0.717, 1.165) is 4.90 Å². The monoisotopic (exact) mass is 261 g/mol. The third kappa shape index (κ3) is 2.65. The molecular formula is C14H15NO4. The van der Waals surface area contributed by atoms with Gasteiger partial charge in [0.15, 0.2) is 0 Å². The Morgan fingerprint density at radius 3 is 2.47 bits per heavy atom. The Kier molecular flexibility index (Phi) is 3.64. The minimum atomic E-state index is -0.885. The van der Waals surface area contributed by atoms with E-state index in [-0.39, 0.29) is 5.92 Å². The van der Waals surface area contributed by atoms with Crippen LogP contribution in [-0.4, -0.2) is 28.9 Å². The number of nitrogens with zero attached hydrogens (tertiary/aromatic N) is 1. The fourth-order valence-electron chi connectivity index (χ4n) is 2.03. The Hall–Kier alpha value is -2.17. The van der Waals surface area contributed by atoms with Crippen molar-refractivity contribution in [1.82, 2.24) is 4.90 Å². The van der Waals surface area contributed by atoms with E-state index in [1.807, 2.05) is 13.8 Å². The van der Waals surface area contributed by atoms with Crippen molar-refractivity contribution in [3.05, 3.63) is 35.9 Å². The first-order valence-electron chi connectivity index (χ1n) is 6.15. The number of benzene rings is 1. The van der Waals surface area contributed by atoms with Crippen molar-refractivity contribution < 1.29 is 19.1 Å². The second-order valence-electron chi connectivity index (χ2n) is 4.87. The summed E-state index contributed by atoms with van der Waals surface area (Å²) in [5.41, 5.74) is 0.364. The van der Waals surface area contributed by atoms with E-state index < -0.39 is 24.0 Å². The fraction of sp³-hybridized carbons (Fsp3) is 0.357. The fourth-order valence-corrected chi connectivity index (χ4v) is 2.03. The van der Waals surface area contributed by atoms with Gasteiger partial charge in [-0.15, -0.1) is 0 Å². The van der Waals surface area contributed by atoms with Crippen LogP contribution in [0.2, 0.25) is 0 Å². The van der Waals surface area contributed by atoms with Crippen LogP contribution < -0.4 is 0 Å². The molecule has 1 aliphatic heterocycles. The van der Waals surface area contributed by atoms with Gasteiger partial charge in [0.2, 0.25) is 0 Å². The van der Waals surface area contributed by atoms with E-state index in [1.54, 1.807) is 30.3 Å². The normalized spacial score (nSPS) is 18.9. The largest absolute Gasteiger partial charge is 0.425 e. The number of carbonyl (C=O) groups excluding carboxylic acids is 3. The third-order valence-corrected chi connectivity index (χ3v) is 2.90. The molecule has 19 heavy (non-hydrogen) atoms. The van der Waals surface area contributed by atoms with Crippen molar-refractivity contribution in [3.63, 3.8) is 0 Å². The van der Waals surface area contributed by atoms with Crippen LogP contribution >= 0.6 is 0 Å². The SMILES string of the molecule is CC(C)C[C@H]1C(=O)OC(=O)N1C(=O)c1ccccc1. The highest BCUT2D eigenvalue weighted by molar-refractivity contribution is 6.10. The summed E-state index contributed by atoms with van der Waals surface area (Å²) in [5, 5.41) is 0. The van der Waals surface area contributed by atoms with E-state index in [2.05, 4.69) is 4.74 Å². The number of amides is 2. The first kappa shape index (κ1) is 13.3. The second kappa shape index (κ2) is 5.22. The summed E-state index contributed by atoms with van der Waals surface area (Å²) in [6.45, 7) is 3.84. The van der Waals surface area contributed by atoms with Gasteiger partial charge < -0.3 is 4.74 Å². The van der Waals surface area contributed by atoms with Gasteiger partial charge in [-0.05, 0) is 24.5 Å². The molecule has 1 aliphatic rings. The molecular weight excluding hydrogens is 246 g/mol. The number of ether oxygens (including phenoxy) is 1. The Morgan fingerprint density at radius 2 is 1.89 bits per heavy atom. The van der Waals surface area contributed by atoms with Crippen LogP contribution in [0.5, 0.6) is 0 Å². The summed E-state index contributed by atoms with van der Waals surface area (Å²) in [4.78, 5) is 36.5. The highest BCUT2D eigenvalue weighted by Gasteiger charge is 2.45. The first-order valence-corrected chi connectivity index (χ1v) is 6.15. The molecule has 1 fully saturated rings. The van der Waals surface area contributed by atoms with Gasteiger partial charge >= 0.3 is 12.1 Å². The molecule has 0 bridgehead atoms. The molecule has 1 heterocycles. The molecule has 2 rings (SSSR count). The summed E-state index contributed by atoms with van der Waals surface area (Å²) in [7, 11) is 0. The number of rotatable bonds is 3. The van der Waals surface area contributed by atoms with E-state index >= 15 is 0 Å². The molecule has 1 aromatic carbocycles. The number of hydrogen-bond acceptors (Lipinski definition) is 4. The van der Waals surface area contributed by atoms with Crippen LogP contribution in [0.15, 0.2) is 30.3 Å². The maximum atomic E-state index is 12.3. The number of imide groups is 1. The quantitative estimate of drug-likeness (QED) is 0.618. The van der Waals surface area contributed by atoms with Gasteiger partial charge in [-0.25, -0.2) is 14.5 Å². The highest BCUT2D eigenvalue weighted by Crippen LogP contribution is 2.23.